The summed E-state index contributed by atoms with van der Waals surface area (Å²) in [6, 6.07) is 0. The molecule has 146 valence electrons. The third-order valence-corrected chi connectivity index (χ3v) is 6.89. The Morgan fingerprint density at radius 1 is 1.08 bits per heavy atom. The summed E-state index contributed by atoms with van der Waals surface area (Å²) in [5.74, 6) is 4.75. The van der Waals surface area contributed by atoms with Crippen molar-refractivity contribution in [3.05, 3.63) is 23.8 Å². The first kappa shape index (κ1) is 22.5. The second-order valence-corrected chi connectivity index (χ2v) is 8.37. The number of rotatable bonds is 13. The molecule has 5 unspecified atom stereocenters. The highest BCUT2D eigenvalue weighted by molar-refractivity contribution is 5.01. The average Bonchev–Trinajstić information content (AvgIpc) is 2.62. The van der Waals surface area contributed by atoms with Gasteiger partial charge in [0.15, 0.2) is 0 Å². The van der Waals surface area contributed by atoms with Gasteiger partial charge in [-0.3, -0.25) is 0 Å². The normalized spacial score (nSPS) is 26.6. The van der Waals surface area contributed by atoms with Gasteiger partial charge in [-0.2, -0.15) is 0 Å². The molecule has 5 atom stereocenters. The topological polar surface area (TPSA) is 0 Å². The predicted molar refractivity (Wildman–Crippen MR) is 115 cm³/mol. The van der Waals surface area contributed by atoms with Gasteiger partial charge < -0.3 is 0 Å². The molecule has 0 heteroatoms. The standard InChI is InChI=1S/C25H46/c1-7-13-15-21(11-5)18-24(17-16-20(9-3)10-4)25-22(12-6)19-23(25)14-8-2/h9,13,15,21-25H,7-8,10-12,14,16-19H2,1-6H3. The fourth-order valence-corrected chi connectivity index (χ4v) is 5.24. The van der Waals surface area contributed by atoms with Crippen LogP contribution in [0.15, 0.2) is 23.8 Å². The fraction of sp³-hybridized carbons (Fsp3) is 0.840. The van der Waals surface area contributed by atoms with Crippen molar-refractivity contribution in [2.24, 2.45) is 29.6 Å². The van der Waals surface area contributed by atoms with Gasteiger partial charge in [0.25, 0.3) is 0 Å². The lowest BCUT2D eigenvalue weighted by molar-refractivity contribution is -0.00151. The second kappa shape index (κ2) is 12.8. The molecule has 1 rings (SSSR count). The van der Waals surface area contributed by atoms with Crippen LogP contribution in [0.25, 0.3) is 0 Å². The molecular weight excluding hydrogens is 300 g/mol. The molecule has 1 aliphatic carbocycles. The number of hydrogen-bond donors (Lipinski definition) is 0. The summed E-state index contributed by atoms with van der Waals surface area (Å²) < 4.78 is 0. The quantitative estimate of drug-likeness (QED) is 0.293. The van der Waals surface area contributed by atoms with E-state index in [0.717, 1.165) is 29.6 Å². The molecule has 0 saturated heterocycles. The summed E-state index contributed by atoms with van der Waals surface area (Å²) in [5, 5.41) is 0. The molecule has 0 amide bonds. The molecule has 0 aliphatic heterocycles. The molecule has 0 nitrogen and oxygen atoms in total. The Hall–Kier alpha value is -0.520. The van der Waals surface area contributed by atoms with Gasteiger partial charge in [-0.1, -0.05) is 77.7 Å². The molecule has 25 heavy (non-hydrogen) atoms. The minimum Gasteiger partial charge on any atom is -0.0885 e. The first-order valence-corrected chi connectivity index (χ1v) is 11.4. The van der Waals surface area contributed by atoms with Crippen LogP contribution in [0, 0.1) is 29.6 Å². The minimum absolute atomic E-state index is 0.793. The first-order chi connectivity index (χ1) is 12.1. The van der Waals surface area contributed by atoms with E-state index in [9.17, 15) is 0 Å². The van der Waals surface area contributed by atoms with E-state index in [1.807, 2.05) is 0 Å². The SMILES string of the molecule is CC=C(CC)CCC(CC(C=CCC)CC)C1C(CC)CC1CCC. The van der Waals surface area contributed by atoms with E-state index in [-0.39, 0.29) is 0 Å². The Bertz CT molecular complexity index is 389. The van der Waals surface area contributed by atoms with Crippen LogP contribution in [-0.4, -0.2) is 0 Å². The molecule has 0 heterocycles. The van der Waals surface area contributed by atoms with Crippen LogP contribution in [0.2, 0.25) is 0 Å². The minimum atomic E-state index is 0.793. The van der Waals surface area contributed by atoms with Crippen molar-refractivity contribution in [3.63, 3.8) is 0 Å². The van der Waals surface area contributed by atoms with Crippen LogP contribution in [0.4, 0.5) is 0 Å². The van der Waals surface area contributed by atoms with E-state index in [1.54, 1.807) is 5.57 Å². The van der Waals surface area contributed by atoms with Gasteiger partial charge in [0.2, 0.25) is 0 Å². The van der Waals surface area contributed by atoms with Crippen molar-refractivity contribution in [3.8, 4) is 0 Å². The van der Waals surface area contributed by atoms with Crippen LogP contribution in [0.1, 0.15) is 106 Å². The lowest BCUT2D eigenvalue weighted by atomic mass is 9.55. The fourth-order valence-electron chi connectivity index (χ4n) is 5.24. The summed E-state index contributed by atoms with van der Waals surface area (Å²) in [5.41, 5.74) is 1.67. The van der Waals surface area contributed by atoms with Crippen LogP contribution in [0.5, 0.6) is 0 Å². The van der Waals surface area contributed by atoms with Gasteiger partial charge >= 0.3 is 0 Å². The van der Waals surface area contributed by atoms with Crippen molar-refractivity contribution < 1.29 is 0 Å². The van der Waals surface area contributed by atoms with Gasteiger partial charge in [0, 0.05) is 0 Å². The molecular formula is C25H46. The molecule has 0 radical (unpaired) electrons. The van der Waals surface area contributed by atoms with Gasteiger partial charge in [-0.05, 0) is 81.5 Å². The smallest absolute Gasteiger partial charge is 0.0233 e. The third-order valence-electron chi connectivity index (χ3n) is 6.89. The van der Waals surface area contributed by atoms with Crippen LogP contribution in [-0.2, 0) is 0 Å². The monoisotopic (exact) mass is 346 g/mol. The Kier molecular flexibility index (Phi) is 11.5. The second-order valence-electron chi connectivity index (χ2n) is 8.37. The Morgan fingerprint density at radius 2 is 1.84 bits per heavy atom. The molecule has 0 aromatic carbocycles. The maximum atomic E-state index is 2.53. The summed E-state index contributed by atoms with van der Waals surface area (Å²) in [4.78, 5) is 0. The van der Waals surface area contributed by atoms with E-state index in [1.165, 1.54) is 64.2 Å². The average molecular weight is 347 g/mol. The molecule has 0 aromatic rings. The summed E-state index contributed by atoms with van der Waals surface area (Å²) in [6.07, 6.45) is 20.9. The zero-order chi connectivity index (χ0) is 18.7. The van der Waals surface area contributed by atoms with E-state index in [4.69, 9.17) is 0 Å². The maximum Gasteiger partial charge on any atom is -0.0233 e. The van der Waals surface area contributed by atoms with E-state index < -0.39 is 0 Å². The summed E-state index contributed by atoms with van der Waals surface area (Å²) >= 11 is 0. The van der Waals surface area contributed by atoms with Crippen molar-refractivity contribution in [2.45, 2.75) is 106 Å². The largest absolute Gasteiger partial charge is 0.0885 e. The van der Waals surface area contributed by atoms with Crippen LogP contribution >= 0.6 is 0 Å². The molecule has 1 fully saturated rings. The molecule has 1 saturated carbocycles. The molecule has 0 N–H and O–H groups in total. The van der Waals surface area contributed by atoms with Crippen molar-refractivity contribution in [2.75, 3.05) is 0 Å². The van der Waals surface area contributed by atoms with Gasteiger partial charge in [0.05, 0.1) is 0 Å². The lowest BCUT2D eigenvalue weighted by Gasteiger charge is -2.50. The van der Waals surface area contributed by atoms with Gasteiger partial charge in [-0.15, -0.1) is 0 Å². The first-order valence-electron chi connectivity index (χ1n) is 11.4. The summed E-state index contributed by atoms with van der Waals surface area (Å²) in [6.45, 7) is 14.0. The molecule has 0 spiro atoms. The molecule has 1 aliphatic rings. The highest BCUT2D eigenvalue weighted by Gasteiger charge is 2.43. The number of hydrogen-bond acceptors (Lipinski definition) is 0. The van der Waals surface area contributed by atoms with E-state index in [2.05, 4.69) is 59.8 Å². The van der Waals surface area contributed by atoms with Crippen LogP contribution in [0.3, 0.4) is 0 Å². The van der Waals surface area contributed by atoms with Gasteiger partial charge in [-0.25, -0.2) is 0 Å². The van der Waals surface area contributed by atoms with Crippen LogP contribution < -0.4 is 0 Å². The predicted octanol–water partition coefficient (Wildman–Crippen LogP) is 8.58. The van der Waals surface area contributed by atoms with Crippen molar-refractivity contribution in [1.29, 1.82) is 0 Å². The Morgan fingerprint density at radius 3 is 2.36 bits per heavy atom. The van der Waals surface area contributed by atoms with Gasteiger partial charge in [0.1, 0.15) is 0 Å². The maximum absolute atomic E-state index is 2.53. The number of allylic oxidation sites excluding steroid dienone is 4. The lowest BCUT2D eigenvalue weighted by Crippen LogP contribution is -2.42. The summed E-state index contributed by atoms with van der Waals surface area (Å²) in [7, 11) is 0. The van der Waals surface area contributed by atoms with E-state index >= 15 is 0 Å². The van der Waals surface area contributed by atoms with Crippen molar-refractivity contribution in [1.82, 2.24) is 0 Å². The third kappa shape index (κ3) is 6.95. The van der Waals surface area contributed by atoms with Crippen molar-refractivity contribution >= 4 is 0 Å². The Balaban J connectivity index is 2.86. The molecule has 0 bridgehead atoms. The zero-order valence-electron chi connectivity index (χ0n) is 18.2. The highest BCUT2D eigenvalue weighted by atomic mass is 14.5. The Labute approximate surface area is 159 Å². The highest BCUT2D eigenvalue weighted by Crippen LogP contribution is 2.52. The van der Waals surface area contributed by atoms with E-state index in [0.29, 0.717) is 0 Å². The zero-order valence-corrected chi connectivity index (χ0v) is 18.2. The molecule has 0 aromatic heterocycles.